The van der Waals surface area contributed by atoms with Crippen LogP contribution in [0.5, 0.6) is 5.88 Å². The van der Waals surface area contributed by atoms with Gasteiger partial charge in [-0.3, -0.25) is 4.79 Å². The normalized spacial score (nSPS) is 17.0. The number of rotatable bonds is 2. The van der Waals surface area contributed by atoms with E-state index in [4.69, 9.17) is 4.74 Å². The Hall–Kier alpha value is -2.50. The van der Waals surface area contributed by atoms with Gasteiger partial charge in [0, 0.05) is 12.6 Å². The number of hydrogen-bond acceptors (Lipinski definition) is 4. The van der Waals surface area contributed by atoms with Crippen LogP contribution in [0.4, 0.5) is 4.39 Å². The van der Waals surface area contributed by atoms with Crippen LogP contribution in [0.3, 0.4) is 0 Å². The Balaban J connectivity index is 1.87. The maximum atomic E-state index is 13.5. The molecule has 1 aliphatic rings. The van der Waals surface area contributed by atoms with E-state index in [2.05, 4.69) is 10.2 Å². The molecule has 2 aromatic rings. The monoisotopic (exact) mass is 301 g/mol. The van der Waals surface area contributed by atoms with Crippen molar-refractivity contribution in [3.63, 3.8) is 0 Å². The second kappa shape index (κ2) is 5.71. The summed E-state index contributed by atoms with van der Waals surface area (Å²) in [7, 11) is 1.49. The van der Waals surface area contributed by atoms with Crippen molar-refractivity contribution in [3.05, 3.63) is 53.0 Å². The van der Waals surface area contributed by atoms with Crippen LogP contribution in [-0.4, -0.2) is 34.7 Å². The molecule has 0 bridgehead atoms. The molecule has 6 heteroatoms. The molecule has 1 atom stereocenters. The van der Waals surface area contributed by atoms with Gasteiger partial charge in [0.05, 0.1) is 13.2 Å². The average Bonchev–Trinajstić information content (AvgIpc) is 2.55. The lowest BCUT2D eigenvalue weighted by atomic mass is 9.93. The highest BCUT2D eigenvalue weighted by atomic mass is 19.1. The van der Waals surface area contributed by atoms with Gasteiger partial charge < -0.3 is 9.64 Å². The van der Waals surface area contributed by atoms with Crippen LogP contribution < -0.4 is 4.74 Å². The quantitative estimate of drug-likeness (QED) is 0.854. The van der Waals surface area contributed by atoms with Crippen LogP contribution >= 0.6 is 0 Å². The molecule has 3 rings (SSSR count). The standard InChI is InChI=1S/C16H16FN3O2/c1-10-13-9-12(17)4-3-11(13)7-8-20(10)16(21)14-5-6-15(22-2)19-18-14/h3-6,9-10H,7-8H2,1-2H3. The van der Waals surface area contributed by atoms with E-state index in [0.717, 1.165) is 11.1 Å². The Morgan fingerprint density at radius 1 is 1.32 bits per heavy atom. The van der Waals surface area contributed by atoms with Crippen LogP contribution in [0, 0.1) is 5.82 Å². The van der Waals surface area contributed by atoms with Crippen LogP contribution in [0.25, 0.3) is 0 Å². The fourth-order valence-corrected chi connectivity index (χ4v) is 2.75. The second-order valence-electron chi connectivity index (χ2n) is 5.23. The Kier molecular flexibility index (Phi) is 3.75. The van der Waals surface area contributed by atoms with Crippen molar-refractivity contribution < 1.29 is 13.9 Å². The molecule has 0 saturated carbocycles. The summed E-state index contributed by atoms with van der Waals surface area (Å²) >= 11 is 0. The molecule has 1 aromatic heterocycles. The number of halogens is 1. The largest absolute Gasteiger partial charge is 0.480 e. The highest BCUT2D eigenvalue weighted by molar-refractivity contribution is 5.92. The minimum absolute atomic E-state index is 0.198. The maximum Gasteiger partial charge on any atom is 0.274 e. The van der Waals surface area contributed by atoms with E-state index in [1.165, 1.54) is 19.2 Å². The van der Waals surface area contributed by atoms with Crippen LogP contribution in [0.1, 0.15) is 34.6 Å². The molecule has 0 spiro atoms. The number of amides is 1. The van der Waals surface area contributed by atoms with Gasteiger partial charge in [-0.15, -0.1) is 10.2 Å². The zero-order valence-electron chi connectivity index (χ0n) is 12.4. The lowest BCUT2D eigenvalue weighted by molar-refractivity contribution is 0.0669. The van der Waals surface area contributed by atoms with Gasteiger partial charge in [0.25, 0.3) is 5.91 Å². The molecule has 0 saturated heterocycles. The molecule has 114 valence electrons. The molecular weight excluding hydrogens is 285 g/mol. The van der Waals surface area contributed by atoms with Gasteiger partial charge in [0.15, 0.2) is 5.69 Å². The summed E-state index contributed by atoms with van der Waals surface area (Å²) in [6, 6.07) is 7.73. The van der Waals surface area contributed by atoms with Crippen LogP contribution in [0.15, 0.2) is 30.3 Å². The van der Waals surface area contributed by atoms with Gasteiger partial charge in [-0.05, 0) is 42.7 Å². The number of benzene rings is 1. The van der Waals surface area contributed by atoms with Crippen molar-refractivity contribution >= 4 is 5.91 Å². The first-order valence-electron chi connectivity index (χ1n) is 7.07. The first-order chi connectivity index (χ1) is 10.6. The molecule has 1 aliphatic heterocycles. The second-order valence-corrected chi connectivity index (χ2v) is 5.23. The van der Waals surface area contributed by atoms with Crippen molar-refractivity contribution in [2.24, 2.45) is 0 Å². The zero-order chi connectivity index (χ0) is 15.7. The summed E-state index contributed by atoms with van der Waals surface area (Å²) < 4.78 is 18.4. The van der Waals surface area contributed by atoms with E-state index >= 15 is 0 Å². The van der Waals surface area contributed by atoms with Gasteiger partial charge in [-0.1, -0.05) is 6.07 Å². The molecule has 0 aliphatic carbocycles. The van der Waals surface area contributed by atoms with E-state index in [-0.39, 0.29) is 23.5 Å². The first kappa shape index (κ1) is 14.4. The van der Waals surface area contributed by atoms with E-state index in [1.807, 2.05) is 6.92 Å². The summed E-state index contributed by atoms with van der Waals surface area (Å²) in [6.07, 6.45) is 0.704. The van der Waals surface area contributed by atoms with Crippen molar-refractivity contribution in [1.82, 2.24) is 15.1 Å². The lowest BCUT2D eigenvalue weighted by Crippen LogP contribution is -2.39. The molecule has 2 heterocycles. The lowest BCUT2D eigenvalue weighted by Gasteiger charge is -2.35. The first-order valence-corrected chi connectivity index (χ1v) is 7.07. The minimum Gasteiger partial charge on any atom is -0.480 e. The number of methoxy groups -OCH3 is 1. The summed E-state index contributed by atoms with van der Waals surface area (Å²) in [5, 5.41) is 7.71. The van der Waals surface area contributed by atoms with Gasteiger partial charge in [0.2, 0.25) is 5.88 Å². The fraction of sp³-hybridized carbons (Fsp3) is 0.312. The summed E-state index contributed by atoms with van der Waals surface area (Å²) in [6.45, 7) is 2.47. The third kappa shape index (κ3) is 2.52. The maximum absolute atomic E-state index is 13.5. The van der Waals surface area contributed by atoms with Crippen molar-refractivity contribution in [1.29, 1.82) is 0 Å². The number of carbonyl (C=O) groups excluding carboxylic acids is 1. The predicted octanol–water partition coefficient (Wildman–Crippen LogP) is 2.38. The Morgan fingerprint density at radius 3 is 2.82 bits per heavy atom. The SMILES string of the molecule is COc1ccc(C(=O)N2CCc3ccc(F)cc3C2C)nn1. The third-order valence-electron chi connectivity index (χ3n) is 3.98. The summed E-state index contributed by atoms with van der Waals surface area (Å²) in [5.74, 6) is -0.141. The van der Waals surface area contributed by atoms with E-state index in [1.54, 1.807) is 23.1 Å². The van der Waals surface area contributed by atoms with Gasteiger partial charge in [-0.25, -0.2) is 4.39 Å². The highest BCUT2D eigenvalue weighted by Gasteiger charge is 2.29. The van der Waals surface area contributed by atoms with Crippen molar-refractivity contribution in [3.8, 4) is 5.88 Å². The third-order valence-corrected chi connectivity index (χ3v) is 3.98. The van der Waals surface area contributed by atoms with Crippen LogP contribution in [0.2, 0.25) is 0 Å². The molecule has 0 fully saturated rings. The fourth-order valence-electron chi connectivity index (χ4n) is 2.75. The molecule has 1 unspecified atom stereocenters. The van der Waals surface area contributed by atoms with Crippen molar-refractivity contribution in [2.45, 2.75) is 19.4 Å². The van der Waals surface area contributed by atoms with E-state index in [0.29, 0.717) is 18.8 Å². The van der Waals surface area contributed by atoms with Gasteiger partial charge in [-0.2, -0.15) is 0 Å². The van der Waals surface area contributed by atoms with Gasteiger partial charge >= 0.3 is 0 Å². The number of ether oxygens (including phenoxy) is 1. The number of nitrogens with zero attached hydrogens (tertiary/aromatic N) is 3. The average molecular weight is 301 g/mol. The highest BCUT2D eigenvalue weighted by Crippen LogP contribution is 2.30. The molecule has 22 heavy (non-hydrogen) atoms. The zero-order valence-corrected chi connectivity index (χ0v) is 12.4. The molecule has 0 radical (unpaired) electrons. The van der Waals surface area contributed by atoms with E-state index < -0.39 is 0 Å². The summed E-state index contributed by atoms with van der Waals surface area (Å²) in [5.41, 5.74) is 2.19. The molecule has 1 amide bonds. The Bertz CT molecular complexity index is 703. The van der Waals surface area contributed by atoms with Crippen LogP contribution in [-0.2, 0) is 6.42 Å². The Morgan fingerprint density at radius 2 is 2.14 bits per heavy atom. The van der Waals surface area contributed by atoms with Crippen molar-refractivity contribution in [2.75, 3.05) is 13.7 Å². The number of fused-ring (bicyclic) bond motifs is 1. The van der Waals surface area contributed by atoms with E-state index in [9.17, 15) is 9.18 Å². The number of aromatic nitrogens is 2. The predicted molar refractivity (Wildman–Crippen MR) is 78.1 cm³/mol. The minimum atomic E-state index is -0.288. The topological polar surface area (TPSA) is 55.3 Å². The smallest absolute Gasteiger partial charge is 0.274 e. The molecule has 0 N–H and O–H groups in total. The Labute approximate surface area is 127 Å². The molecule has 1 aromatic carbocycles. The molecular formula is C16H16FN3O2. The summed E-state index contributed by atoms with van der Waals surface area (Å²) in [4.78, 5) is 14.3. The number of hydrogen-bond donors (Lipinski definition) is 0. The molecule has 5 nitrogen and oxygen atoms in total. The number of carbonyl (C=O) groups is 1. The van der Waals surface area contributed by atoms with Gasteiger partial charge in [0.1, 0.15) is 5.82 Å².